The molecule has 1 aliphatic rings. The molecule has 0 saturated heterocycles. The molecule has 0 fully saturated rings. The molecule has 11 heteroatoms. The van der Waals surface area contributed by atoms with Crippen molar-refractivity contribution >= 4 is 68.2 Å². The van der Waals surface area contributed by atoms with E-state index in [2.05, 4.69) is 31.5 Å². The van der Waals surface area contributed by atoms with Crippen molar-refractivity contribution in [3.8, 4) is 5.75 Å². The van der Waals surface area contributed by atoms with Gasteiger partial charge in [-0.2, -0.15) is 0 Å². The fourth-order valence-corrected chi connectivity index (χ4v) is 5.67. The highest BCUT2D eigenvalue weighted by atomic mass is 79.9. The number of carbonyl (C=O) groups is 3. The number of fused-ring (bicyclic) bond motifs is 2. The van der Waals surface area contributed by atoms with Gasteiger partial charge in [-0.3, -0.25) is 19.4 Å². The summed E-state index contributed by atoms with van der Waals surface area (Å²) >= 11 is 3.64. The fraction of sp³-hybridized carbons (Fsp3) is 0.250. The van der Waals surface area contributed by atoms with Crippen molar-refractivity contribution < 1.29 is 19.1 Å². The first-order valence-corrected chi connectivity index (χ1v) is 14.4. The van der Waals surface area contributed by atoms with Gasteiger partial charge in [0.25, 0.3) is 5.91 Å². The van der Waals surface area contributed by atoms with Crippen molar-refractivity contribution in [3.63, 3.8) is 0 Å². The molecule has 3 amide bonds. The van der Waals surface area contributed by atoms with Gasteiger partial charge in [0.2, 0.25) is 11.8 Å². The molecule has 0 saturated carbocycles. The predicted octanol–water partition coefficient (Wildman–Crippen LogP) is 4.64. The molecule has 0 radical (unpaired) electrons. The van der Waals surface area contributed by atoms with Crippen molar-refractivity contribution in [1.82, 2.24) is 15.6 Å². The van der Waals surface area contributed by atoms with Crippen LogP contribution < -0.4 is 25.2 Å². The van der Waals surface area contributed by atoms with Crippen LogP contribution in [0, 0.1) is 0 Å². The van der Waals surface area contributed by atoms with Crippen LogP contribution >= 0.6 is 28.3 Å². The third kappa shape index (κ3) is 6.66. The Labute approximate surface area is 265 Å². The van der Waals surface area contributed by atoms with Gasteiger partial charge in [0, 0.05) is 22.4 Å². The number of ether oxygens (including phenoxy) is 1. The first kappa shape index (κ1) is 31.9. The molecule has 2 heterocycles. The van der Waals surface area contributed by atoms with Crippen LogP contribution in [0.5, 0.6) is 5.75 Å². The Hall–Kier alpha value is -3.99. The van der Waals surface area contributed by atoms with E-state index in [-0.39, 0.29) is 49.6 Å². The Morgan fingerprint density at radius 2 is 1.81 bits per heavy atom. The van der Waals surface area contributed by atoms with E-state index < -0.39 is 12.1 Å². The minimum absolute atomic E-state index is 0. The van der Waals surface area contributed by atoms with Gasteiger partial charge in [0.05, 0.1) is 44.0 Å². The van der Waals surface area contributed by atoms with Gasteiger partial charge in [-0.25, -0.2) is 0 Å². The maximum Gasteiger partial charge on any atom is 0.251 e. The molecule has 0 unspecified atom stereocenters. The van der Waals surface area contributed by atoms with Gasteiger partial charge in [-0.05, 0) is 66.7 Å². The topological polar surface area (TPSA) is 104 Å². The molecule has 1 aromatic heterocycles. The lowest BCUT2D eigenvalue weighted by molar-refractivity contribution is -0.128. The number of pyridine rings is 1. The number of nitrogens with one attached hydrogen (secondary N) is 2. The van der Waals surface area contributed by atoms with Gasteiger partial charge in [0.1, 0.15) is 11.8 Å². The van der Waals surface area contributed by atoms with Crippen LogP contribution in [-0.4, -0.2) is 55.5 Å². The summed E-state index contributed by atoms with van der Waals surface area (Å²) in [5, 5.41) is 7.71. The molecule has 0 spiro atoms. The number of rotatable bonds is 8. The Morgan fingerprint density at radius 1 is 1.05 bits per heavy atom. The molecule has 0 bridgehead atoms. The molecule has 5 rings (SSSR count). The highest BCUT2D eigenvalue weighted by Gasteiger charge is 2.37. The molecule has 9 nitrogen and oxygen atoms in total. The molecule has 224 valence electrons. The normalized spacial score (nSPS) is 15.3. The smallest absolute Gasteiger partial charge is 0.251 e. The van der Waals surface area contributed by atoms with Crippen molar-refractivity contribution in [2.75, 3.05) is 30.5 Å². The monoisotopic (exact) mass is 665 g/mol. The second-order valence-corrected chi connectivity index (χ2v) is 11.0. The van der Waals surface area contributed by atoms with Gasteiger partial charge >= 0.3 is 0 Å². The van der Waals surface area contributed by atoms with Crippen molar-refractivity contribution in [1.29, 1.82) is 0 Å². The molecule has 43 heavy (non-hydrogen) atoms. The van der Waals surface area contributed by atoms with E-state index in [1.54, 1.807) is 49.3 Å². The number of carbonyl (C=O) groups excluding carboxylic acids is 3. The van der Waals surface area contributed by atoms with Crippen LogP contribution in [0.3, 0.4) is 0 Å². The third-order valence-corrected chi connectivity index (χ3v) is 8.22. The standard InChI is InChI=1S/C32H32BrN5O4.ClH/c1-20(34-2)31(40)36-26-19-37(30(39)16-21-8-7-15-35-17-21)27-11-4-5-12-28(27)38(32(26)41)18-24-22-9-6-10-25(33)23(22)13-14-29(24)42-3;/h4-15,17,20,26,34H,16,18-19H2,1-3H3,(H,36,40);1H/t20-,26-;/m0./s1. The lowest BCUT2D eigenvalue weighted by Gasteiger charge is -2.27. The average Bonchev–Trinajstić information content (AvgIpc) is 3.12. The van der Waals surface area contributed by atoms with Gasteiger partial charge in [-0.15, -0.1) is 12.4 Å². The van der Waals surface area contributed by atoms with Crippen LogP contribution in [-0.2, 0) is 27.3 Å². The van der Waals surface area contributed by atoms with E-state index in [1.165, 1.54) is 0 Å². The number of hydrogen-bond donors (Lipinski definition) is 2. The van der Waals surface area contributed by atoms with E-state index in [1.807, 2.05) is 60.7 Å². The number of halogens is 2. The molecule has 3 aromatic carbocycles. The maximum atomic E-state index is 14.4. The minimum atomic E-state index is -0.994. The summed E-state index contributed by atoms with van der Waals surface area (Å²) in [4.78, 5) is 48.6. The Morgan fingerprint density at radius 3 is 2.51 bits per heavy atom. The van der Waals surface area contributed by atoms with E-state index >= 15 is 0 Å². The summed E-state index contributed by atoms with van der Waals surface area (Å²) in [6.07, 6.45) is 3.40. The van der Waals surface area contributed by atoms with Gasteiger partial charge in [-0.1, -0.05) is 46.3 Å². The summed E-state index contributed by atoms with van der Waals surface area (Å²) in [6.45, 7) is 1.85. The van der Waals surface area contributed by atoms with Gasteiger partial charge in [0.15, 0.2) is 0 Å². The second-order valence-electron chi connectivity index (χ2n) is 10.1. The second kappa shape index (κ2) is 14.0. The maximum absolute atomic E-state index is 14.4. The van der Waals surface area contributed by atoms with Crippen LogP contribution in [0.1, 0.15) is 18.1 Å². The zero-order chi connectivity index (χ0) is 29.8. The fourth-order valence-electron chi connectivity index (χ4n) is 5.17. The molecule has 1 aliphatic heterocycles. The zero-order valence-corrected chi connectivity index (χ0v) is 26.4. The Kier molecular flexibility index (Phi) is 10.4. The van der Waals surface area contributed by atoms with Crippen LogP contribution in [0.2, 0.25) is 0 Å². The van der Waals surface area contributed by atoms with E-state index in [0.29, 0.717) is 17.1 Å². The van der Waals surface area contributed by atoms with Crippen LogP contribution in [0.25, 0.3) is 10.8 Å². The minimum Gasteiger partial charge on any atom is -0.496 e. The highest BCUT2D eigenvalue weighted by Crippen LogP contribution is 2.38. The van der Waals surface area contributed by atoms with E-state index in [4.69, 9.17) is 4.74 Å². The highest BCUT2D eigenvalue weighted by molar-refractivity contribution is 9.10. The number of aromatic nitrogens is 1. The summed E-state index contributed by atoms with van der Waals surface area (Å²) in [6, 6.07) is 19.2. The summed E-state index contributed by atoms with van der Waals surface area (Å²) in [5.74, 6) is -0.250. The zero-order valence-electron chi connectivity index (χ0n) is 24.0. The van der Waals surface area contributed by atoms with Crippen LogP contribution in [0.4, 0.5) is 11.4 Å². The predicted molar refractivity (Wildman–Crippen MR) is 174 cm³/mol. The van der Waals surface area contributed by atoms with E-state index in [0.717, 1.165) is 26.4 Å². The average molecular weight is 667 g/mol. The molecule has 2 atom stereocenters. The Balaban J connectivity index is 0.00000423. The number of amides is 3. The third-order valence-electron chi connectivity index (χ3n) is 7.53. The quantitative estimate of drug-likeness (QED) is 0.284. The Bertz CT molecular complexity index is 1640. The molecule has 2 N–H and O–H groups in total. The SMILES string of the molecule is CN[C@@H](C)C(=O)N[C@H]1CN(C(=O)Cc2cccnc2)c2ccccc2N(Cc2c(OC)ccc3c(Br)cccc23)C1=O.Cl. The number of anilines is 2. The number of methoxy groups -OCH3 is 1. The first-order chi connectivity index (χ1) is 20.3. The summed E-state index contributed by atoms with van der Waals surface area (Å²) in [7, 11) is 3.28. The lowest BCUT2D eigenvalue weighted by Crippen LogP contribution is -2.55. The van der Waals surface area contributed by atoms with E-state index in [9.17, 15) is 14.4 Å². The summed E-state index contributed by atoms with van der Waals surface area (Å²) < 4.78 is 6.67. The number of nitrogens with zero attached hydrogens (tertiary/aromatic N) is 3. The first-order valence-electron chi connectivity index (χ1n) is 13.6. The number of para-hydroxylation sites is 2. The molecular weight excluding hydrogens is 634 g/mol. The summed E-state index contributed by atoms with van der Waals surface area (Å²) in [5.41, 5.74) is 2.71. The van der Waals surface area contributed by atoms with Crippen molar-refractivity contribution in [2.24, 2.45) is 0 Å². The van der Waals surface area contributed by atoms with Crippen molar-refractivity contribution in [2.45, 2.75) is 32.0 Å². The number of likely N-dealkylation sites (N-methyl/N-ethyl adjacent to an activating group) is 1. The molecule has 0 aliphatic carbocycles. The number of hydrogen-bond acceptors (Lipinski definition) is 6. The van der Waals surface area contributed by atoms with Crippen molar-refractivity contribution in [3.05, 3.63) is 94.7 Å². The lowest BCUT2D eigenvalue weighted by atomic mass is 10.0. The van der Waals surface area contributed by atoms with Gasteiger partial charge < -0.3 is 25.2 Å². The van der Waals surface area contributed by atoms with Crippen LogP contribution in [0.15, 0.2) is 83.6 Å². The number of benzene rings is 3. The largest absolute Gasteiger partial charge is 0.496 e. The molecule has 4 aromatic rings. The molecular formula is C32H33BrClN5O4.